The zero-order valence-corrected chi connectivity index (χ0v) is 9.26. The Hall–Kier alpha value is -0.380. The molecule has 0 aromatic rings. The summed E-state index contributed by atoms with van der Waals surface area (Å²) >= 11 is 0. The maximum Gasteiger partial charge on any atom is 0.0607 e. The number of aliphatic hydroxyl groups is 2. The summed E-state index contributed by atoms with van der Waals surface area (Å²) in [5.41, 5.74) is 0. The maximum atomic E-state index is 9.01. The van der Waals surface area contributed by atoms with E-state index < -0.39 is 0 Å². The van der Waals surface area contributed by atoms with E-state index in [4.69, 9.17) is 10.2 Å². The van der Waals surface area contributed by atoms with Crippen LogP contribution >= 0.6 is 0 Å². The molecule has 15 heavy (non-hydrogen) atoms. The Morgan fingerprint density at radius 2 is 2.00 bits per heavy atom. The van der Waals surface area contributed by atoms with Crippen molar-refractivity contribution in [3.63, 3.8) is 0 Å². The first kappa shape index (κ1) is 11.1. The summed E-state index contributed by atoms with van der Waals surface area (Å²) in [4.78, 5) is 0. The Balaban J connectivity index is 1.86. The molecule has 86 valence electrons. The van der Waals surface area contributed by atoms with Crippen molar-refractivity contribution in [1.82, 2.24) is 5.32 Å². The molecular weight excluding hydrogens is 190 g/mol. The van der Waals surface area contributed by atoms with E-state index in [1.165, 1.54) is 12.8 Å². The number of aliphatic hydroxyl groups excluding tert-OH is 2. The van der Waals surface area contributed by atoms with Gasteiger partial charge in [0.25, 0.3) is 0 Å². The lowest BCUT2D eigenvalue weighted by atomic mass is 9.87. The fraction of sp³-hybridized carbons (Fsp3) is 0.833. The molecule has 0 aromatic heterocycles. The Morgan fingerprint density at radius 3 is 2.47 bits per heavy atom. The average molecular weight is 211 g/mol. The highest BCUT2D eigenvalue weighted by atomic mass is 16.3. The molecule has 0 radical (unpaired) electrons. The van der Waals surface area contributed by atoms with Gasteiger partial charge in [0.2, 0.25) is 0 Å². The maximum absolute atomic E-state index is 9.01. The Bertz CT molecular complexity index is 238. The normalized spacial score (nSPS) is 35.3. The van der Waals surface area contributed by atoms with Crippen molar-refractivity contribution < 1.29 is 10.2 Å². The highest BCUT2D eigenvalue weighted by Gasteiger charge is 2.38. The quantitative estimate of drug-likeness (QED) is 0.581. The number of hydrogen-bond donors (Lipinski definition) is 3. The van der Waals surface area contributed by atoms with Gasteiger partial charge in [-0.3, -0.25) is 0 Å². The van der Waals surface area contributed by atoms with Crippen molar-refractivity contribution in [2.24, 2.45) is 17.8 Å². The summed E-state index contributed by atoms with van der Waals surface area (Å²) in [6, 6.07) is 0.220. The fourth-order valence-electron chi connectivity index (χ4n) is 3.06. The number of fused-ring (bicyclic) bond motifs is 2. The van der Waals surface area contributed by atoms with Gasteiger partial charge in [-0.25, -0.2) is 0 Å². The third-order valence-corrected chi connectivity index (χ3v) is 3.91. The minimum Gasteiger partial charge on any atom is -0.395 e. The molecule has 3 heteroatoms. The molecule has 3 N–H and O–H groups in total. The minimum absolute atomic E-state index is 0.0114. The Labute approximate surface area is 91.2 Å². The molecular formula is C12H21NO2. The van der Waals surface area contributed by atoms with Gasteiger partial charge in [-0.2, -0.15) is 0 Å². The topological polar surface area (TPSA) is 52.5 Å². The number of nitrogens with one attached hydrogen (secondary N) is 1. The summed E-state index contributed by atoms with van der Waals surface area (Å²) < 4.78 is 0. The molecule has 1 fully saturated rings. The largest absolute Gasteiger partial charge is 0.395 e. The summed E-state index contributed by atoms with van der Waals surface area (Å²) in [5.74, 6) is 2.18. The van der Waals surface area contributed by atoms with Crippen LogP contribution in [0.25, 0.3) is 0 Å². The molecule has 4 atom stereocenters. The zero-order valence-electron chi connectivity index (χ0n) is 9.26. The van der Waals surface area contributed by atoms with Gasteiger partial charge in [-0.15, -0.1) is 0 Å². The predicted octanol–water partition coefficient (Wildman–Crippen LogP) is 0.530. The third-order valence-electron chi connectivity index (χ3n) is 3.91. The molecule has 2 bridgehead atoms. The van der Waals surface area contributed by atoms with E-state index in [2.05, 4.69) is 24.4 Å². The van der Waals surface area contributed by atoms with Gasteiger partial charge in [0.15, 0.2) is 0 Å². The molecule has 3 nitrogen and oxygen atoms in total. The Morgan fingerprint density at radius 1 is 1.27 bits per heavy atom. The van der Waals surface area contributed by atoms with Gasteiger partial charge in [0, 0.05) is 6.04 Å². The molecule has 0 saturated heterocycles. The van der Waals surface area contributed by atoms with Crippen LogP contribution in [-0.4, -0.2) is 35.5 Å². The smallest absolute Gasteiger partial charge is 0.0607 e. The van der Waals surface area contributed by atoms with Crippen LogP contribution in [0, 0.1) is 17.8 Å². The second-order valence-electron chi connectivity index (χ2n) is 4.96. The zero-order chi connectivity index (χ0) is 10.8. The molecule has 2 rings (SSSR count). The molecule has 2 aliphatic rings. The van der Waals surface area contributed by atoms with Crippen LogP contribution in [0.1, 0.15) is 19.8 Å². The van der Waals surface area contributed by atoms with Crippen molar-refractivity contribution >= 4 is 0 Å². The predicted molar refractivity (Wildman–Crippen MR) is 59.4 cm³/mol. The van der Waals surface area contributed by atoms with Crippen LogP contribution in [0.5, 0.6) is 0 Å². The van der Waals surface area contributed by atoms with E-state index in [-0.39, 0.29) is 19.3 Å². The first-order valence-corrected chi connectivity index (χ1v) is 5.90. The molecule has 0 aromatic carbocycles. The summed E-state index contributed by atoms with van der Waals surface area (Å²) in [5, 5.41) is 21.3. The molecule has 1 saturated carbocycles. The highest BCUT2D eigenvalue weighted by Crippen LogP contribution is 2.44. The second kappa shape index (κ2) is 4.64. The number of allylic oxidation sites excluding steroid dienone is 2. The van der Waals surface area contributed by atoms with E-state index >= 15 is 0 Å². The van der Waals surface area contributed by atoms with E-state index in [1.807, 2.05) is 0 Å². The molecule has 0 amide bonds. The second-order valence-corrected chi connectivity index (χ2v) is 4.96. The molecule has 0 aliphatic heterocycles. The van der Waals surface area contributed by atoms with Gasteiger partial charge in [0.05, 0.1) is 19.3 Å². The third kappa shape index (κ3) is 2.25. The number of rotatable bonds is 5. The van der Waals surface area contributed by atoms with Crippen molar-refractivity contribution in [3.05, 3.63) is 12.2 Å². The van der Waals surface area contributed by atoms with Crippen LogP contribution in [0.15, 0.2) is 12.2 Å². The standard InChI is InChI=1S/C12H21NO2/c1-8(13-11(6-14)7-15)12-5-9-2-3-10(12)4-9/h2-3,8-15H,4-7H2,1H3. The van der Waals surface area contributed by atoms with Gasteiger partial charge < -0.3 is 15.5 Å². The van der Waals surface area contributed by atoms with Crippen LogP contribution in [0.3, 0.4) is 0 Å². The summed E-state index contributed by atoms with van der Waals surface area (Å²) in [6.07, 6.45) is 7.24. The first-order valence-electron chi connectivity index (χ1n) is 5.90. The fourth-order valence-corrected chi connectivity index (χ4v) is 3.06. The van der Waals surface area contributed by atoms with Crippen molar-refractivity contribution in [2.45, 2.75) is 31.8 Å². The van der Waals surface area contributed by atoms with E-state index in [9.17, 15) is 0 Å². The van der Waals surface area contributed by atoms with Crippen molar-refractivity contribution in [2.75, 3.05) is 13.2 Å². The van der Waals surface area contributed by atoms with Crippen LogP contribution in [0.4, 0.5) is 0 Å². The average Bonchev–Trinajstić information content (AvgIpc) is 2.87. The van der Waals surface area contributed by atoms with Gasteiger partial charge in [-0.05, 0) is 37.5 Å². The lowest BCUT2D eigenvalue weighted by Gasteiger charge is -2.29. The van der Waals surface area contributed by atoms with Crippen LogP contribution in [0.2, 0.25) is 0 Å². The number of hydrogen-bond acceptors (Lipinski definition) is 3. The Kier molecular flexibility index (Phi) is 3.44. The van der Waals surface area contributed by atoms with E-state index in [0.717, 1.165) is 11.8 Å². The highest BCUT2D eigenvalue weighted by molar-refractivity contribution is 5.11. The van der Waals surface area contributed by atoms with Gasteiger partial charge >= 0.3 is 0 Å². The van der Waals surface area contributed by atoms with E-state index in [0.29, 0.717) is 12.0 Å². The summed E-state index contributed by atoms with van der Waals surface area (Å²) in [7, 11) is 0. The van der Waals surface area contributed by atoms with Crippen LogP contribution in [-0.2, 0) is 0 Å². The lowest BCUT2D eigenvalue weighted by Crippen LogP contribution is -2.45. The molecule has 4 unspecified atom stereocenters. The molecule has 0 heterocycles. The van der Waals surface area contributed by atoms with E-state index in [1.54, 1.807) is 0 Å². The first-order chi connectivity index (χ1) is 7.24. The van der Waals surface area contributed by atoms with Crippen molar-refractivity contribution in [1.29, 1.82) is 0 Å². The lowest BCUT2D eigenvalue weighted by molar-refractivity contribution is 0.151. The van der Waals surface area contributed by atoms with Crippen LogP contribution < -0.4 is 5.32 Å². The molecule has 0 spiro atoms. The molecule has 2 aliphatic carbocycles. The van der Waals surface area contributed by atoms with Crippen molar-refractivity contribution in [3.8, 4) is 0 Å². The summed E-state index contributed by atoms with van der Waals surface area (Å²) in [6.45, 7) is 2.19. The monoisotopic (exact) mass is 211 g/mol. The SMILES string of the molecule is CC(NC(CO)CO)C1CC2C=CC1C2. The van der Waals surface area contributed by atoms with Gasteiger partial charge in [0.1, 0.15) is 0 Å². The minimum atomic E-state index is -0.164. The van der Waals surface area contributed by atoms with Gasteiger partial charge in [-0.1, -0.05) is 12.2 Å².